The number of aliphatic carboxylic acids is 1. The SMILES string of the molecule is CCCCCCCCCCCCCCCCCN(CC(=O)O)CC(N)N. The summed E-state index contributed by atoms with van der Waals surface area (Å²) in [6.07, 6.45) is 19.6. The largest absolute Gasteiger partial charge is 0.480 e. The fraction of sp³-hybridized carbons (Fsp3) is 0.952. The van der Waals surface area contributed by atoms with Gasteiger partial charge in [0.25, 0.3) is 0 Å². The summed E-state index contributed by atoms with van der Waals surface area (Å²) in [6, 6.07) is 0. The van der Waals surface area contributed by atoms with E-state index in [1.807, 2.05) is 4.90 Å². The van der Waals surface area contributed by atoms with E-state index < -0.39 is 12.1 Å². The highest BCUT2D eigenvalue weighted by molar-refractivity contribution is 5.69. The summed E-state index contributed by atoms with van der Waals surface area (Å²) in [7, 11) is 0. The highest BCUT2D eigenvalue weighted by Gasteiger charge is 2.11. The lowest BCUT2D eigenvalue weighted by Crippen LogP contribution is -2.45. The Labute approximate surface area is 161 Å². The van der Waals surface area contributed by atoms with Gasteiger partial charge in [0.2, 0.25) is 0 Å². The van der Waals surface area contributed by atoms with Gasteiger partial charge in [-0.1, -0.05) is 96.8 Å². The first-order chi connectivity index (χ1) is 12.6. The molecule has 0 unspecified atom stereocenters. The van der Waals surface area contributed by atoms with Gasteiger partial charge in [0.05, 0.1) is 12.7 Å². The van der Waals surface area contributed by atoms with Crippen molar-refractivity contribution in [3.8, 4) is 0 Å². The maximum absolute atomic E-state index is 10.8. The molecule has 0 fully saturated rings. The molecule has 156 valence electrons. The lowest BCUT2D eigenvalue weighted by molar-refractivity contribution is -0.138. The molecule has 5 nitrogen and oxygen atoms in total. The van der Waals surface area contributed by atoms with E-state index in [9.17, 15) is 4.79 Å². The molecule has 0 aliphatic heterocycles. The van der Waals surface area contributed by atoms with Crippen molar-refractivity contribution in [1.29, 1.82) is 0 Å². The number of hydrogen-bond donors (Lipinski definition) is 3. The number of carboxylic acid groups (broad SMARTS) is 1. The Morgan fingerprint density at radius 3 is 1.50 bits per heavy atom. The van der Waals surface area contributed by atoms with E-state index in [1.54, 1.807) is 0 Å². The van der Waals surface area contributed by atoms with Crippen LogP contribution in [0.15, 0.2) is 0 Å². The summed E-state index contributed by atoms with van der Waals surface area (Å²) in [5, 5.41) is 8.90. The molecule has 26 heavy (non-hydrogen) atoms. The number of carbonyl (C=O) groups is 1. The molecule has 0 radical (unpaired) electrons. The van der Waals surface area contributed by atoms with E-state index >= 15 is 0 Å². The van der Waals surface area contributed by atoms with Crippen LogP contribution in [-0.4, -0.2) is 41.8 Å². The number of unbranched alkanes of at least 4 members (excludes halogenated alkanes) is 14. The quantitative estimate of drug-likeness (QED) is 0.217. The fourth-order valence-electron chi connectivity index (χ4n) is 3.43. The summed E-state index contributed by atoms with van der Waals surface area (Å²) < 4.78 is 0. The van der Waals surface area contributed by atoms with Crippen molar-refractivity contribution >= 4 is 5.97 Å². The number of nitrogens with zero attached hydrogens (tertiary/aromatic N) is 1. The van der Waals surface area contributed by atoms with Crippen LogP contribution in [0.3, 0.4) is 0 Å². The van der Waals surface area contributed by atoms with Crippen LogP contribution in [-0.2, 0) is 4.79 Å². The van der Waals surface area contributed by atoms with Crippen molar-refractivity contribution in [3.63, 3.8) is 0 Å². The average molecular weight is 372 g/mol. The number of hydrogen-bond acceptors (Lipinski definition) is 4. The van der Waals surface area contributed by atoms with Crippen molar-refractivity contribution in [3.05, 3.63) is 0 Å². The zero-order valence-electron chi connectivity index (χ0n) is 17.3. The van der Waals surface area contributed by atoms with Crippen LogP contribution in [0.2, 0.25) is 0 Å². The third-order valence-electron chi connectivity index (χ3n) is 4.91. The van der Waals surface area contributed by atoms with Crippen molar-refractivity contribution in [2.45, 2.75) is 109 Å². The Hall–Kier alpha value is -0.650. The van der Waals surface area contributed by atoms with Crippen molar-refractivity contribution in [1.82, 2.24) is 4.90 Å². The first kappa shape index (κ1) is 25.4. The van der Waals surface area contributed by atoms with Crippen LogP contribution in [0.1, 0.15) is 103 Å². The molecule has 0 aromatic rings. The van der Waals surface area contributed by atoms with Gasteiger partial charge in [-0.3, -0.25) is 9.69 Å². The minimum atomic E-state index is -0.813. The summed E-state index contributed by atoms with van der Waals surface area (Å²) >= 11 is 0. The third-order valence-corrected chi connectivity index (χ3v) is 4.91. The molecule has 0 aromatic carbocycles. The smallest absolute Gasteiger partial charge is 0.317 e. The molecule has 0 heterocycles. The zero-order valence-corrected chi connectivity index (χ0v) is 17.3. The summed E-state index contributed by atoms with van der Waals surface area (Å²) in [5.74, 6) is -0.813. The van der Waals surface area contributed by atoms with Gasteiger partial charge in [-0.15, -0.1) is 0 Å². The fourth-order valence-corrected chi connectivity index (χ4v) is 3.43. The summed E-state index contributed by atoms with van der Waals surface area (Å²) in [5.41, 5.74) is 11.1. The minimum Gasteiger partial charge on any atom is -0.480 e. The molecule has 0 amide bonds. The maximum Gasteiger partial charge on any atom is 0.317 e. The standard InChI is InChI=1S/C21H45N3O2/c1-2-3-4-5-6-7-8-9-10-11-12-13-14-15-16-17-24(18-20(22)23)19-21(25)26/h20H,2-19,22-23H2,1H3,(H,25,26). The molecule has 5 heteroatoms. The van der Waals surface area contributed by atoms with Gasteiger partial charge in [0, 0.05) is 6.54 Å². The van der Waals surface area contributed by atoms with Crippen LogP contribution < -0.4 is 11.5 Å². The van der Waals surface area contributed by atoms with Gasteiger partial charge >= 0.3 is 5.97 Å². The molecule has 0 saturated heterocycles. The van der Waals surface area contributed by atoms with Crippen molar-refractivity contribution in [2.24, 2.45) is 11.5 Å². The first-order valence-corrected chi connectivity index (χ1v) is 11.0. The van der Waals surface area contributed by atoms with Crippen LogP contribution in [0.5, 0.6) is 0 Å². The Balaban J connectivity index is 3.33. The van der Waals surface area contributed by atoms with Gasteiger partial charge in [0.15, 0.2) is 0 Å². The molecular formula is C21H45N3O2. The van der Waals surface area contributed by atoms with Crippen molar-refractivity contribution < 1.29 is 9.90 Å². The average Bonchev–Trinajstić information content (AvgIpc) is 2.57. The molecule has 0 spiro atoms. The highest BCUT2D eigenvalue weighted by Crippen LogP contribution is 2.13. The molecule has 0 rings (SSSR count). The summed E-state index contributed by atoms with van der Waals surface area (Å²) in [6.45, 7) is 3.52. The second-order valence-corrected chi connectivity index (χ2v) is 7.74. The monoisotopic (exact) mass is 371 g/mol. The first-order valence-electron chi connectivity index (χ1n) is 11.0. The van der Waals surface area contributed by atoms with Gasteiger partial charge in [-0.05, 0) is 13.0 Å². The molecule has 0 aliphatic carbocycles. The second-order valence-electron chi connectivity index (χ2n) is 7.74. The Morgan fingerprint density at radius 1 is 0.769 bits per heavy atom. The normalized spacial score (nSPS) is 11.6. The van der Waals surface area contributed by atoms with Gasteiger partial charge in [-0.2, -0.15) is 0 Å². The van der Waals surface area contributed by atoms with E-state index in [2.05, 4.69) is 6.92 Å². The molecular weight excluding hydrogens is 326 g/mol. The third kappa shape index (κ3) is 19.7. The van der Waals surface area contributed by atoms with E-state index in [1.165, 1.54) is 83.5 Å². The van der Waals surface area contributed by atoms with E-state index in [0.717, 1.165) is 19.4 Å². The topological polar surface area (TPSA) is 92.6 Å². The lowest BCUT2D eigenvalue weighted by Gasteiger charge is -2.21. The Morgan fingerprint density at radius 2 is 1.15 bits per heavy atom. The van der Waals surface area contributed by atoms with Crippen molar-refractivity contribution in [2.75, 3.05) is 19.6 Å². The molecule has 5 N–H and O–H groups in total. The lowest BCUT2D eigenvalue weighted by atomic mass is 10.0. The van der Waals surface area contributed by atoms with E-state index in [0.29, 0.717) is 6.54 Å². The summed E-state index contributed by atoms with van der Waals surface area (Å²) in [4.78, 5) is 12.7. The minimum absolute atomic E-state index is 0.0313. The van der Waals surface area contributed by atoms with Crippen LogP contribution in [0.25, 0.3) is 0 Å². The van der Waals surface area contributed by atoms with Crippen LogP contribution in [0.4, 0.5) is 0 Å². The Kier molecular flexibility index (Phi) is 18.6. The Bertz CT molecular complexity index is 312. The van der Waals surface area contributed by atoms with E-state index in [4.69, 9.17) is 16.6 Å². The number of carboxylic acids is 1. The predicted octanol–water partition coefficient (Wildman–Crippen LogP) is 4.49. The van der Waals surface area contributed by atoms with E-state index in [-0.39, 0.29) is 6.54 Å². The zero-order chi connectivity index (χ0) is 19.5. The number of nitrogens with two attached hydrogens (primary N) is 2. The molecule has 0 bridgehead atoms. The highest BCUT2D eigenvalue weighted by atomic mass is 16.4. The molecule has 0 aromatic heterocycles. The van der Waals surface area contributed by atoms with Crippen LogP contribution in [0, 0.1) is 0 Å². The predicted molar refractivity (Wildman–Crippen MR) is 111 cm³/mol. The maximum atomic E-state index is 10.8. The van der Waals surface area contributed by atoms with Crippen LogP contribution >= 0.6 is 0 Å². The van der Waals surface area contributed by atoms with Gasteiger partial charge in [-0.25, -0.2) is 0 Å². The molecule has 0 atom stereocenters. The molecule has 0 saturated carbocycles. The number of rotatable bonds is 20. The second kappa shape index (κ2) is 19.1. The van der Waals surface area contributed by atoms with Gasteiger partial charge < -0.3 is 16.6 Å². The van der Waals surface area contributed by atoms with Gasteiger partial charge in [0.1, 0.15) is 0 Å². The molecule has 0 aliphatic rings.